The van der Waals surface area contributed by atoms with Gasteiger partial charge in [0.2, 0.25) is 5.91 Å². The number of alkyl halides is 1. The quantitative estimate of drug-likeness (QED) is 0.829. The topological polar surface area (TPSA) is 29.1 Å². The second-order valence-electron chi connectivity index (χ2n) is 4.13. The molecule has 0 aromatic heterocycles. The maximum atomic E-state index is 11.4. The van der Waals surface area contributed by atoms with Crippen molar-refractivity contribution in [1.29, 1.82) is 0 Å². The minimum atomic E-state index is -0.239. The molecule has 4 heteroatoms. The van der Waals surface area contributed by atoms with Crippen LogP contribution in [0.15, 0.2) is 24.3 Å². The van der Waals surface area contributed by atoms with E-state index in [0.29, 0.717) is 5.02 Å². The van der Waals surface area contributed by atoms with Crippen LogP contribution >= 0.6 is 23.2 Å². The summed E-state index contributed by atoms with van der Waals surface area (Å²) < 4.78 is 0. The van der Waals surface area contributed by atoms with Gasteiger partial charge in [-0.15, -0.1) is 11.6 Å². The Bertz CT molecular complexity index is 402. The summed E-state index contributed by atoms with van der Waals surface area (Å²) in [7, 11) is 0. The fraction of sp³-hybridized carbons (Fsp3) is 0.417. The molecule has 0 unspecified atom stereocenters. The maximum absolute atomic E-state index is 11.4. The van der Waals surface area contributed by atoms with Crippen LogP contribution in [0.1, 0.15) is 24.8 Å². The van der Waals surface area contributed by atoms with Crippen molar-refractivity contribution in [2.75, 3.05) is 5.88 Å². The lowest BCUT2D eigenvalue weighted by atomic mass is 9.72. The Morgan fingerprint density at radius 3 is 2.69 bits per heavy atom. The minimum absolute atomic E-state index is 0.00230. The zero-order valence-corrected chi connectivity index (χ0v) is 10.3. The Labute approximate surface area is 105 Å². The summed E-state index contributed by atoms with van der Waals surface area (Å²) in [6.45, 7) is 0. The molecule has 2 rings (SSSR count). The molecular formula is C12H13Cl2NO. The van der Waals surface area contributed by atoms with E-state index in [-0.39, 0.29) is 17.3 Å². The highest BCUT2D eigenvalue weighted by Gasteiger charge is 2.39. The molecule has 0 saturated heterocycles. The summed E-state index contributed by atoms with van der Waals surface area (Å²) in [5.41, 5.74) is 0.835. The number of carbonyl (C=O) groups is 1. The van der Waals surface area contributed by atoms with Gasteiger partial charge >= 0.3 is 0 Å². The Kier molecular flexibility index (Phi) is 3.41. The summed E-state index contributed by atoms with van der Waals surface area (Å²) in [5.74, 6) is -0.121. The van der Waals surface area contributed by atoms with Gasteiger partial charge in [-0.1, -0.05) is 23.7 Å². The van der Waals surface area contributed by atoms with E-state index in [4.69, 9.17) is 23.2 Å². The number of hydrogen-bond acceptors (Lipinski definition) is 1. The molecule has 0 radical (unpaired) electrons. The second-order valence-corrected chi connectivity index (χ2v) is 4.83. The number of amides is 1. The standard InChI is InChI=1S/C12H13Cl2NO/c13-8-11(16)15-12(5-2-6-12)9-3-1-4-10(14)7-9/h1,3-4,7H,2,5-6,8H2,(H,15,16). The number of benzene rings is 1. The monoisotopic (exact) mass is 257 g/mol. The van der Waals surface area contributed by atoms with Crippen LogP contribution in [0.4, 0.5) is 0 Å². The molecular weight excluding hydrogens is 245 g/mol. The minimum Gasteiger partial charge on any atom is -0.346 e. The highest BCUT2D eigenvalue weighted by Crippen LogP contribution is 2.41. The maximum Gasteiger partial charge on any atom is 0.235 e. The molecule has 1 aliphatic carbocycles. The van der Waals surface area contributed by atoms with Gasteiger partial charge in [0, 0.05) is 5.02 Å². The van der Waals surface area contributed by atoms with Crippen molar-refractivity contribution in [3.63, 3.8) is 0 Å². The average molecular weight is 258 g/mol. The van der Waals surface area contributed by atoms with Crippen LogP contribution in [0.5, 0.6) is 0 Å². The summed E-state index contributed by atoms with van der Waals surface area (Å²) >= 11 is 11.5. The highest BCUT2D eigenvalue weighted by atomic mass is 35.5. The van der Waals surface area contributed by atoms with Crippen LogP contribution < -0.4 is 5.32 Å². The Balaban J connectivity index is 2.24. The molecule has 0 spiro atoms. The van der Waals surface area contributed by atoms with Crippen molar-refractivity contribution in [2.24, 2.45) is 0 Å². The fourth-order valence-corrected chi connectivity index (χ4v) is 2.36. The summed E-state index contributed by atoms with van der Waals surface area (Å²) in [5, 5.41) is 3.69. The Morgan fingerprint density at radius 1 is 1.44 bits per heavy atom. The average Bonchev–Trinajstić information content (AvgIpc) is 2.23. The molecule has 1 N–H and O–H groups in total. The SMILES string of the molecule is O=C(CCl)NC1(c2cccc(Cl)c2)CCC1. The Morgan fingerprint density at radius 2 is 2.19 bits per heavy atom. The largest absolute Gasteiger partial charge is 0.346 e. The normalized spacial score (nSPS) is 17.6. The van der Waals surface area contributed by atoms with Gasteiger partial charge in [-0.3, -0.25) is 4.79 Å². The van der Waals surface area contributed by atoms with Crippen molar-refractivity contribution in [3.8, 4) is 0 Å². The smallest absolute Gasteiger partial charge is 0.235 e. The van der Waals surface area contributed by atoms with E-state index in [9.17, 15) is 4.79 Å². The van der Waals surface area contributed by atoms with Crippen LogP contribution in [0, 0.1) is 0 Å². The molecule has 86 valence electrons. The van der Waals surface area contributed by atoms with Crippen molar-refractivity contribution < 1.29 is 4.79 Å². The second kappa shape index (κ2) is 4.64. The molecule has 1 aliphatic rings. The van der Waals surface area contributed by atoms with E-state index < -0.39 is 0 Å². The van der Waals surface area contributed by atoms with Crippen molar-refractivity contribution in [1.82, 2.24) is 5.32 Å². The van der Waals surface area contributed by atoms with Gasteiger partial charge in [-0.2, -0.15) is 0 Å². The lowest BCUT2D eigenvalue weighted by Crippen LogP contribution is -2.51. The molecule has 1 fully saturated rings. The van der Waals surface area contributed by atoms with Crippen LogP contribution in [-0.2, 0) is 10.3 Å². The third-order valence-electron chi connectivity index (χ3n) is 3.08. The molecule has 0 bridgehead atoms. The van der Waals surface area contributed by atoms with Crippen LogP contribution in [-0.4, -0.2) is 11.8 Å². The van der Waals surface area contributed by atoms with E-state index in [1.54, 1.807) is 0 Å². The number of carbonyl (C=O) groups excluding carboxylic acids is 1. The van der Waals surface area contributed by atoms with Crippen molar-refractivity contribution >= 4 is 29.1 Å². The van der Waals surface area contributed by atoms with Gasteiger partial charge in [0.15, 0.2) is 0 Å². The summed E-state index contributed by atoms with van der Waals surface area (Å²) in [6.07, 6.45) is 3.03. The van der Waals surface area contributed by atoms with E-state index in [1.807, 2.05) is 24.3 Å². The molecule has 16 heavy (non-hydrogen) atoms. The molecule has 1 aromatic carbocycles. The first-order chi connectivity index (χ1) is 7.66. The first kappa shape index (κ1) is 11.7. The van der Waals surface area contributed by atoms with E-state index in [2.05, 4.69) is 5.32 Å². The van der Waals surface area contributed by atoms with Gasteiger partial charge < -0.3 is 5.32 Å². The number of rotatable bonds is 3. The van der Waals surface area contributed by atoms with Crippen LogP contribution in [0.3, 0.4) is 0 Å². The molecule has 2 nitrogen and oxygen atoms in total. The molecule has 0 aliphatic heterocycles. The molecule has 1 saturated carbocycles. The lowest BCUT2D eigenvalue weighted by Gasteiger charge is -2.43. The number of halogens is 2. The summed E-state index contributed by atoms with van der Waals surface area (Å²) in [6, 6.07) is 7.65. The number of hydrogen-bond donors (Lipinski definition) is 1. The predicted molar refractivity (Wildman–Crippen MR) is 65.8 cm³/mol. The van der Waals surface area contributed by atoms with E-state index in [0.717, 1.165) is 24.8 Å². The molecule has 0 heterocycles. The van der Waals surface area contributed by atoms with Gasteiger partial charge in [0.1, 0.15) is 5.88 Å². The third-order valence-corrected chi connectivity index (χ3v) is 3.56. The third kappa shape index (κ3) is 2.18. The zero-order valence-electron chi connectivity index (χ0n) is 8.80. The molecule has 1 aromatic rings. The van der Waals surface area contributed by atoms with Gasteiger partial charge in [0.05, 0.1) is 5.54 Å². The van der Waals surface area contributed by atoms with Crippen molar-refractivity contribution in [3.05, 3.63) is 34.9 Å². The Hall–Kier alpha value is -0.730. The van der Waals surface area contributed by atoms with E-state index in [1.165, 1.54) is 0 Å². The van der Waals surface area contributed by atoms with Gasteiger partial charge in [-0.05, 0) is 37.0 Å². The summed E-state index contributed by atoms with van der Waals surface area (Å²) in [4.78, 5) is 11.4. The predicted octanol–water partition coefficient (Wildman–Crippen LogP) is 3.07. The van der Waals surface area contributed by atoms with Crippen LogP contribution in [0.2, 0.25) is 5.02 Å². The van der Waals surface area contributed by atoms with Gasteiger partial charge in [0.25, 0.3) is 0 Å². The highest BCUT2D eigenvalue weighted by molar-refractivity contribution is 6.30. The number of nitrogens with one attached hydrogen (secondary N) is 1. The molecule has 0 atom stereocenters. The first-order valence-corrected chi connectivity index (χ1v) is 6.20. The lowest BCUT2D eigenvalue weighted by molar-refractivity contribution is -0.121. The van der Waals surface area contributed by atoms with Gasteiger partial charge in [-0.25, -0.2) is 0 Å². The van der Waals surface area contributed by atoms with Crippen LogP contribution in [0.25, 0.3) is 0 Å². The van der Waals surface area contributed by atoms with E-state index >= 15 is 0 Å². The molecule has 1 amide bonds. The first-order valence-electron chi connectivity index (χ1n) is 5.29. The zero-order chi connectivity index (χ0) is 11.6. The van der Waals surface area contributed by atoms with Crippen molar-refractivity contribution in [2.45, 2.75) is 24.8 Å². The fourth-order valence-electron chi connectivity index (χ4n) is 2.10.